The number of aromatic nitrogens is 1. The molecule has 0 spiro atoms. The van der Waals surface area contributed by atoms with Crippen molar-refractivity contribution in [2.75, 3.05) is 13.7 Å². The number of ether oxygens (including phenoxy) is 3. The number of rotatable bonds is 10. The molecule has 0 unspecified atom stereocenters. The molecule has 312 valence electrons. The molecule has 58 heavy (non-hydrogen) atoms. The van der Waals surface area contributed by atoms with Gasteiger partial charge in [0.15, 0.2) is 5.78 Å². The van der Waals surface area contributed by atoms with Crippen molar-refractivity contribution in [1.82, 2.24) is 19.9 Å². The number of carbonyl (C=O) groups is 4. The van der Waals surface area contributed by atoms with Crippen molar-refractivity contribution < 1.29 is 41.8 Å². The Hall–Kier alpha value is -4.50. The molecule has 2 N–H and O–H groups in total. The number of aryl methyl sites for hydroxylation is 2. The predicted molar refractivity (Wildman–Crippen MR) is 221 cm³/mol. The summed E-state index contributed by atoms with van der Waals surface area (Å²) in [4.78, 5) is 64.8. The summed E-state index contributed by atoms with van der Waals surface area (Å²) in [6.45, 7) is 9.25. The molecule has 2 aromatic heterocycles. The van der Waals surface area contributed by atoms with Crippen LogP contribution in [0.3, 0.4) is 0 Å². The van der Waals surface area contributed by atoms with Crippen molar-refractivity contribution in [2.45, 2.75) is 128 Å². The molecule has 0 bridgehead atoms. The van der Waals surface area contributed by atoms with Gasteiger partial charge >= 0.3 is 0 Å². The zero-order valence-electron chi connectivity index (χ0n) is 34.1. The second-order valence-corrected chi connectivity index (χ2v) is 20.4. The summed E-state index contributed by atoms with van der Waals surface area (Å²) in [6.07, 6.45) is 7.58. The van der Waals surface area contributed by atoms with Gasteiger partial charge < -0.3 is 24.4 Å². The standard InChI is InChI=1S/C43H54N4O9S2/c1-25(2)55-37-21-35(30-15-16-34(54-6)27(4)38(30)45-37)56-29-20-32-33(48)23-43(41(51)46-58(52,53)42(5)18-19-42)22-28(43)12-10-8-7-9-11-13-31(40(50)47(32)24-29)44-39(49)36-17-14-26(3)57-36/h10,12,14-17,21,25,28-29,31-32H,7-9,11,13,18-20,22-24H2,1-6H3,(H,44,49)(H,46,51)/b12-10-/t28-,29-,31+,32+,43-/m1/s1. The van der Waals surface area contributed by atoms with Crippen LogP contribution in [0, 0.1) is 25.2 Å². The number of methoxy groups -OCH3 is 1. The maximum atomic E-state index is 14.8. The zero-order valence-corrected chi connectivity index (χ0v) is 35.7. The van der Waals surface area contributed by atoms with Crippen molar-refractivity contribution in [3.63, 3.8) is 0 Å². The second-order valence-electron chi connectivity index (χ2n) is 16.9. The second kappa shape index (κ2) is 16.3. The number of hydrogen-bond donors (Lipinski definition) is 2. The monoisotopic (exact) mass is 834 g/mol. The topological polar surface area (TPSA) is 170 Å². The van der Waals surface area contributed by atoms with E-state index in [4.69, 9.17) is 19.2 Å². The molecule has 3 amide bonds. The van der Waals surface area contributed by atoms with Crippen molar-refractivity contribution in [2.24, 2.45) is 11.3 Å². The van der Waals surface area contributed by atoms with Crippen LogP contribution in [0.2, 0.25) is 0 Å². The Kier molecular flexibility index (Phi) is 11.7. The summed E-state index contributed by atoms with van der Waals surface area (Å²) < 4.78 is 46.2. The fourth-order valence-corrected chi connectivity index (χ4v) is 10.3. The lowest BCUT2D eigenvalue weighted by Gasteiger charge is -2.29. The number of allylic oxidation sites excluding steroid dienone is 2. The molecule has 1 aromatic carbocycles. The smallest absolute Gasteiger partial charge is 0.262 e. The highest BCUT2D eigenvalue weighted by atomic mass is 32.2. The van der Waals surface area contributed by atoms with E-state index in [9.17, 15) is 27.6 Å². The molecular weight excluding hydrogens is 781 g/mol. The van der Waals surface area contributed by atoms with Gasteiger partial charge in [0.25, 0.3) is 5.91 Å². The van der Waals surface area contributed by atoms with Gasteiger partial charge in [0, 0.05) is 34.7 Å². The number of hydrogen-bond acceptors (Lipinski definition) is 11. The first-order valence-electron chi connectivity index (χ1n) is 20.3. The number of ketones is 1. The molecule has 1 saturated heterocycles. The Bertz CT molecular complexity index is 2250. The number of benzene rings is 1. The van der Waals surface area contributed by atoms with E-state index in [1.54, 1.807) is 26.2 Å². The van der Waals surface area contributed by atoms with Gasteiger partial charge in [-0.2, -0.15) is 0 Å². The van der Waals surface area contributed by atoms with E-state index < -0.39 is 50.2 Å². The van der Waals surface area contributed by atoms with E-state index in [1.165, 1.54) is 16.2 Å². The van der Waals surface area contributed by atoms with Crippen molar-refractivity contribution in [1.29, 1.82) is 0 Å². The Morgan fingerprint density at radius 1 is 1.05 bits per heavy atom. The molecule has 4 heterocycles. The van der Waals surface area contributed by atoms with E-state index in [0.29, 0.717) is 65.3 Å². The first kappa shape index (κ1) is 41.7. The summed E-state index contributed by atoms with van der Waals surface area (Å²) in [5, 5.41) is 3.68. The first-order chi connectivity index (χ1) is 27.5. The van der Waals surface area contributed by atoms with Crippen LogP contribution in [-0.2, 0) is 24.4 Å². The number of thiophene rings is 1. The highest BCUT2D eigenvalue weighted by molar-refractivity contribution is 7.91. The van der Waals surface area contributed by atoms with Gasteiger partial charge in [0.2, 0.25) is 27.7 Å². The molecule has 13 nitrogen and oxygen atoms in total. The molecule has 5 atom stereocenters. The summed E-state index contributed by atoms with van der Waals surface area (Å²) in [5.74, 6) is -0.690. The summed E-state index contributed by atoms with van der Waals surface area (Å²) in [6, 6.07) is 7.07. The third kappa shape index (κ3) is 8.47. The van der Waals surface area contributed by atoms with Crippen LogP contribution >= 0.6 is 11.3 Å². The van der Waals surface area contributed by atoms with Gasteiger partial charge in [-0.25, -0.2) is 13.4 Å². The average molecular weight is 835 g/mol. The summed E-state index contributed by atoms with van der Waals surface area (Å²) in [7, 11) is -2.37. The van der Waals surface area contributed by atoms with Crippen molar-refractivity contribution >= 4 is 55.8 Å². The lowest BCUT2D eigenvalue weighted by atomic mass is 9.91. The van der Waals surface area contributed by atoms with Gasteiger partial charge in [-0.15, -0.1) is 11.3 Å². The molecule has 2 aliphatic heterocycles. The van der Waals surface area contributed by atoms with E-state index in [-0.39, 0.29) is 43.1 Å². The van der Waals surface area contributed by atoms with Crippen LogP contribution in [0.1, 0.15) is 105 Å². The molecule has 7 rings (SSSR count). The van der Waals surface area contributed by atoms with Gasteiger partial charge in [0.05, 0.1) is 46.4 Å². The highest BCUT2D eigenvalue weighted by Gasteiger charge is 2.62. The van der Waals surface area contributed by atoms with Gasteiger partial charge in [-0.1, -0.05) is 25.0 Å². The summed E-state index contributed by atoms with van der Waals surface area (Å²) in [5.41, 5.74) is 0.137. The minimum Gasteiger partial charge on any atom is -0.496 e. The molecule has 4 aliphatic rings. The summed E-state index contributed by atoms with van der Waals surface area (Å²) >= 11 is 1.34. The SMILES string of the molecule is COc1ccc2c(O[C@@H]3C[C@H]4C(=O)C[C@]5(C(=O)NS(=O)(=O)C6(C)CC6)C[C@H]5/C=C\CCCCC[C@H](NC(=O)c5ccc(C)s5)C(=O)N4C3)cc(OC(C)C)nc2c1C. The predicted octanol–water partition coefficient (Wildman–Crippen LogP) is 6.34. The van der Waals surface area contributed by atoms with Gasteiger partial charge in [0.1, 0.15) is 23.6 Å². The molecule has 15 heteroatoms. The van der Waals surface area contributed by atoms with Gasteiger partial charge in [-0.3, -0.25) is 23.9 Å². The number of fused-ring (bicyclic) bond motifs is 3. The third-order valence-electron chi connectivity index (χ3n) is 12.1. The Labute approximate surface area is 344 Å². The number of sulfonamides is 1. The Balaban J connectivity index is 1.23. The van der Waals surface area contributed by atoms with Gasteiger partial charge in [-0.05, 0) is 103 Å². The molecule has 0 radical (unpaired) electrons. The number of nitrogens with one attached hydrogen (secondary N) is 2. The fourth-order valence-electron chi connectivity index (χ4n) is 8.23. The van der Waals surface area contributed by atoms with Crippen molar-refractivity contribution in [3.8, 4) is 17.4 Å². The molecule has 3 fully saturated rings. The molecule has 2 aliphatic carbocycles. The lowest BCUT2D eigenvalue weighted by Crippen LogP contribution is -2.52. The minimum absolute atomic E-state index is 0.0360. The van der Waals surface area contributed by atoms with E-state index in [0.717, 1.165) is 29.7 Å². The minimum atomic E-state index is -3.96. The van der Waals surface area contributed by atoms with E-state index in [2.05, 4.69) is 10.0 Å². The van der Waals surface area contributed by atoms with Crippen LogP contribution in [-0.4, -0.2) is 84.5 Å². The Morgan fingerprint density at radius 3 is 2.52 bits per heavy atom. The molecule has 3 aromatic rings. The first-order valence-corrected chi connectivity index (χ1v) is 22.6. The quantitative estimate of drug-likeness (QED) is 0.220. The van der Waals surface area contributed by atoms with E-state index >= 15 is 0 Å². The number of nitrogens with zero attached hydrogens (tertiary/aromatic N) is 2. The van der Waals surface area contributed by atoms with Crippen LogP contribution < -0.4 is 24.2 Å². The fraction of sp³-hybridized carbons (Fsp3) is 0.558. The maximum Gasteiger partial charge on any atom is 0.262 e. The van der Waals surface area contributed by atoms with Crippen LogP contribution in [0.25, 0.3) is 10.9 Å². The zero-order chi connectivity index (χ0) is 41.6. The van der Waals surface area contributed by atoms with Crippen LogP contribution in [0.5, 0.6) is 17.4 Å². The number of amides is 3. The third-order valence-corrected chi connectivity index (χ3v) is 15.3. The molecular formula is C43H54N4O9S2. The Morgan fingerprint density at radius 2 is 1.83 bits per heavy atom. The maximum absolute atomic E-state index is 14.8. The average Bonchev–Trinajstić information content (AvgIpc) is 3.97. The van der Waals surface area contributed by atoms with Crippen LogP contribution in [0.4, 0.5) is 0 Å². The van der Waals surface area contributed by atoms with Crippen LogP contribution in [0.15, 0.2) is 42.5 Å². The number of Topliss-reactive ketones (excluding diaryl/α,β-unsaturated/α-hetero) is 1. The normalized spacial score (nSPS) is 26.5. The lowest BCUT2D eigenvalue weighted by molar-refractivity contribution is -0.140. The van der Waals surface area contributed by atoms with Crippen molar-refractivity contribution in [3.05, 3.63) is 57.8 Å². The highest BCUT2D eigenvalue weighted by Crippen LogP contribution is 2.57. The molecule has 2 saturated carbocycles. The largest absolute Gasteiger partial charge is 0.496 e. The number of pyridine rings is 1. The number of carbonyl (C=O) groups excluding carboxylic acids is 4. The van der Waals surface area contributed by atoms with E-state index in [1.807, 2.05) is 58.0 Å².